The molecule has 0 heterocycles. The predicted octanol–water partition coefficient (Wildman–Crippen LogP) is 13.4. The van der Waals surface area contributed by atoms with E-state index in [4.69, 9.17) is 19.9 Å². The second-order valence-corrected chi connectivity index (χ2v) is 21.0. The minimum Gasteiger partial charge on any atom is -0.466 e. The molecular weight excluding hydrogens is 893 g/mol. The third-order valence-corrected chi connectivity index (χ3v) is 12.9. The number of nitrogens with zero attached hydrogens (tertiary/aromatic N) is 2. The largest absolute Gasteiger partial charge is 0.466 e. The lowest BCUT2D eigenvalue weighted by Crippen LogP contribution is -2.52. The van der Waals surface area contributed by atoms with E-state index in [-0.39, 0.29) is 43.3 Å². The number of esters is 3. The number of hydrogen-bond acceptors (Lipinski definition) is 10. The average Bonchev–Trinajstić information content (AvgIpc) is 3.32. The highest BCUT2D eigenvalue weighted by Gasteiger charge is 2.30. The highest BCUT2D eigenvalue weighted by atomic mass is 16.6. The van der Waals surface area contributed by atoms with Crippen LogP contribution in [-0.4, -0.2) is 104 Å². The van der Waals surface area contributed by atoms with Gasteiger partial charge in [0.15, 0.2) is 0 Å². The summed E-state index contributed by atoms with van der Waals surface area (Å²) in [7, 11) is 1.93. The molecule has 0 radical (unpaired) electrons. The Kier molecular flexibility index (Phi) is 45.6. The standard InChI is InChI=1S/C59H110N4O8/c1-8-11-14-17-20-21-22-23-24-25-26-27-28-31-36-44-55(65)69-50-39-32-35-42-53(58(68)61-51-57(67)71-59(4,5)6)63(49-48-62(7)47-46-60)54(64)43-37-38-45-56(66)70-52(40-33-29-18-15-12-9-2)41-34-30-19-16-13-10-3/h20-21,23-24,52-53H,8-19,22,25-51,60H2,1-7H3,(H,61,68)/b21-20-,24-23-. The van der Waals surface area contributed by atoms with Crippen LogP contribution in [0.3, 0.4) is 0 Å². The maximum atomic E-state index is 14.1. The van der Waals surface area contributed by atoms with E-state index in [1.165, 1.54) is 83.5 Å². The van der Waals surface area contributed by atoms with Crippen LogP contribution in [0.5, 0.6) is 0 Å². The van der Waals surface area contributed by atoms with Crippen LogP contribution in [0.1, 0.15) is 260 Å². The highest BCUT2D eigenvalue weighted by Crippen LogP contribution is 2.20. The normalized spacial score (nSPS) is 12.3. The van der Waals surface area contributed by atoms with Crippen molar-refractivity contribution in [3.63, 3.8) is 0 Å². The van der Waals surface area contributed by atoms with Gasteiger partial charge in [0.2, 0.25) is 11.8 Å². The summed E-state index contributed by atoms with van der Waals surface area (Å²) in [4.78, 5) is 70.0. The summed E-state index contributed by atoms with van der Waals surface area (Å²) in [5.41, 5.74) is 5.13. The Hall–Kier alpha value is -3.25. The van der Waals surface area contributed by atoms with Crippen LogP contribution in [0.4, 0.5) is 0 Å². The van der Waals surface area contributed by atoms with Gasteiger partial charge in [0.05, 0.1) is 6.61 Å². The maximum absolute atomic E-state index is 14.1. The Morgan fingerprint density at radius 1 is 0.549 bits per heavy atom. The Morgan fingerprint density at radius 3 is 1.65 bits per heavy atom. The quantitative estimate of drug-likeness (QED) is 0.0260. The SMILES string of the molecule is CCCCC/C=C\C/C=C\CCCCCCCC(=O)OCCCCCC(C(=O)NCC(=O)OC(C)(C)C)N(CCN(C)CCN)C(=O)CCCCC(=O)OC(CCCCCCCC)CCCCCCCC. The van der Waals surface area contributed by atoms with Gasteiger partial charge in [-0.25, -0.2) is 0 Å². The molecule has 0 saturated carbocycles. The van der Waals surface area contributed by atoms with E-state index in [1.54, 1.807) is 25.7 Å². The van der Waals surface area contributed by atoms with Crippen molar-refractivity contribution in [1.82, 2.24) is 15.1 Å². The number of carbonyl (C=O) groups is 5. The van der Waals surface area contributed by atoms with Crippen molar-refractivity contribution in [3.05, 3.63) is 24.3 Å². The fraction of sp³-hybridized carbons (Fsp3) is 0.847. The van der Waals surface area contributed by atoms with Crippen molar-refractivity contribution in [3.8, 4) is 0 Å². The van der Waals surface area contributed by atoms with Crippen LogP contribution in [0, 0.1) is 0 Å². The van der Waals surface area contributed by atoms with Gasteiger partial charge in [0, 0.05) is 45.4 Å². The number of rotatable bonds is 49. The van der Waals surface area contributed by atoms with Crippen molar-refractivity contribution in [2.24, 2.45) is 5.73 Å². The zero-order valence-corrected chi connectivity index (χ0v) is 47.0. The van der Waals surface area contributed by atoms with Crippen molar-refractivity contribution in [2.45, 2.75) is 278 Å². The highest BCUT2D eigenvalue weighted by molar-refractivity contribution is 5.89. The van der Waals surface area contributed by atoms with E-state index in [2.05, 4.69) is 50.4 Å². The Bertz CT molecular complexity index is 1370. The molecule has 71 heavy (non-hydrogen) atoms. The summed E-state index contributed by atoms with van der Waals surface area (Å²) in [5.74, 6) is -1.53. The van der Waals surface area contributed by atoms with E-state index in [0.29, 0.717) is 77.7 Å². The third kappa shape index (κ3) is 44.0. The minimum absolute atomic E-state index is 0.0600. The molecule has 1 atom stereocenters. The molecule has 0 aromatic rings. The molecule has 3 N–H and O–H groups in total. The minimum atomic E-state index is -0.827. The first-order valence-corrected chi connectivity index (χ1v) is 29.1. The Balaban J connectivity index is 5.32. The molecule has 12 nitrogen and oxygen atoms in total. The molecule has 2 amide bonds. The summed E-state index contributed by atoms with van der Waals surface area (Å²) in [5, 5.41) is 2.75. The van der Waals surface area contributed by atoms with Gasteiger partial charge >= 0.3 is 17.9 Å². The first-order chi connectivity index (χ1) is 34.3. The molecule has 0 aliphatic heterocycles. The molecule has 0 aliphatic rings. The zero-order valence-electron chi connectivity index (χ0n) is 47.0. The Morgan fingerprint density at radius 2 is 1.04 bits per heavy atom. The van der Waals surface area contributed by atoms with Gasteiger partial charge in [-0.15, -0.1) is 0 Å². The van der Waals surface area contributed by atoms with E-state index in [1.807, 2.05) is 11.9 Å². The maximum Gasteiger partial charge on any atom is 0.325 e. The van der Waals surface area contributed by atoms with Crippen LogP contribution in [0.15, 0.2) is 24.3 Å². The number of carbonyl (C=O) groups excluding carboxylic acids is 5. The molecule has 0 saturated heterocycles. The molecule has 12 heteroatoms. The topological polar surface area (TPSA) is 158 Å². The molecule has 1 unspecified atom stereocenters. The second kappa shape index (κ2) is 47.7. The molecule has 414 valence electrons. The molecule has 0 bridgehead atoms. The third-order valence-electron chi connectivity index (χ3n) is 12.9. The van der Waals surface area contributed by atoms with Gasteiger partial charge in [-0.05, 0) is 124 Å². The lowest BCUT2D eigenvalue weighted by molar-refractivity contribution is -0.155. The first-order valence-electron chi connectivity index (χ1n) is 29.1. The number of amides is 2. The van der Waals surface area contributed by atoms with Crippen LogP contribution in [0.25, 0.3) is 0 Å². The van der Waals surface area contributed by atoms with Gasteiger partial charge in [-0.1, -0.05) is 148 Å². The molecule has 0 spiro atoms. The Labute approximate surface area is 435 Å². The smallest absolute Gasteiger partial charge is 0.325 e. The second-order valence-electron chi connectivity index (χ2n) is 21.0. The molecule has 0 rings (SSSR count). The zero-order chi connectivity index (χ0) is 52.6. The van der Waals surface area contributed by atoms with Gasteiger partial charge in [-0.2, -0.15) is 0 Å². The van der Waals surface area contributed by atoms with Crippen molar-refractivity contribution >= 4 is 29.7 Å². The monoisotopic (exact) mass is 1000 g/mol. The number of allylic oxidation sites excluding steroid dienone is 4. The number of nitrogens with one attached hydrogen (secondary N) is 1. The van der Waals surface area contributed by atoms with Crippen molar-refractivity contribution in [2.75, 3.05) is 46.4 Å². The van der Waals surface area contributed by atoms with Crippen molar-refractivity contribution in [1.29, 1.82) is 0 Å². The molecule has 0 aromatic heterocycles. The van der Waals surface area contributed by atoms with Gasteiger partial charge in [0.1, 0.15) is 24.3 Å². The van der Waals surface area contributed by atoms with Crippen LogP contribution in [0.2, 0.25) is 0 Å². The van der Waals surface area contributed by atoms with Crippen LogP contribution >= 0.6 is 0 Å². The summed E-state index contributed by atoms with van der Waals surface area (Å²) in [6.45, 7) is 13.9. The van der Waals surface area contributed by atoms with Crippen LogP contribution in [-0.2, 0) is 38.2 Å². The average molecular weight is 1000 g/mol. The fourth-order valence-corrected chi connectivity index (χ4v) is 8.60. The van der Waals surface area contributed by atoms with Gasteiger partial charge in [0.25, 0.3) is 0 Å². The summed E-state index contributed by atoms with van der Waals surface area (Å²) in [6.07, 6.45) is 41.8. The number of hydrogen-bond donors (Lipinski definition) is 2. The fourth-order valence-electron chi connectivity index (χ4n) is 8.60. The number of unbranched alkanes of at least 4 members (excludes halogenated alkanes) is 21. The number of nitrogens with two attached hydrogens (primary N) is 1. The van der Waals surface area contributed by atoms with E-state index >= 15 is 0 Å². The van der Waals surface area contributed by atoms with E-state index in [9.17, 15) is 24.0 Å². The lowest BCUT2D eigenvalue weighted by Gasteiger charge is -2.33. The van der Waals surface area contributed by atoms with Crippen LogP contribution < -0.4 is 11.1 Å². The summed E-state index contributed by atoms with van der Waals surface area (Å²) >= 11 is 0. The number of likely N-dealkylation sites (N-methyl/N-ethyl adjacent to an activating group) is 1. The number of ether oxygens (including phenoxy) is 3. The van der Waals surface area contributed by atoms with E-state index < -0.39 is 23.5 Å². The predicted molar refractivity (Wildman–Crippen MR) is 294 cm³/mol. The summed E-state index contributed by atoms with van der Waals surface area (Å²) < 4.78 is 17.1. The van der Waals surface area contributed by atoms with Gasteiger partial charge in [-0.3, -0.25) is 24.0 Å². The lowest BCUT2D eigenvalue weighted by atomic mass is 10.0. The molecule has 0 aliphatic carbocycles. The van der Waals surface area contributed by atoms with Gasteiger partial charge < -0.3 is 35.1 Å². The van der Waals surface area contributed by atoms with E-state index in [0.717, 1.165) is 77.0 Å². The summed E-state index contributed by atoms with van der Waals surface area (Å²) in [6, 6.07) is -0.827. The first kappa shape index (κ1) is 67.8. The molecular formula is C59H110N4O8. The molecule has 0 aromatic carbocycles. The molecule has 0 fully saturated rings. The van der Waals surface area contributed by atoms with Crippen molar-refractivity contribution < 1.29 is 38.2 Å².